The molecule has 0 saturated carbocycles. The largest absolute Gasteiger partial charge is 0.494 e. The molecule has 1 unspecified atom stereocenters. The first kappa shape index (κ1) is 14.9. The lowest BCUT2D eigenvalue weighted by atomic mass is 9.98. The molecule has 0 spiro atoms. The summed E-state index contributed by atoms with van der Waals surface area (Å²) >= 11 is 1.77. The molecule has 0 heterocycles. The van der Waals surface area contributed by atoms with Gasteiger partial charge in [-0.3, -0.25) is 0 Å². The molecule has 0 aromatic heterocycles. The third kappa shape index (κ3) is 3.17. The Morgan fingerprint density at radius 2 is 1.70 bits per heavy atom. The van der Waals surface area contributed by atoms with Crippen molar-refractivity contribution in [2.75, 3.05) is 19.9 Å². The minimum atomic E-state index is 0.140. The average Bonchev–Trinajstić information content (AvgIpc) is 2.50. The summed E-state index contributed by atoms with van der Waals surface area (Å²) in [7, 11) is 1.99. The summed E-state index contributed by atoms with van der Waals surface area (Å²) in [5.41, 5.74) is 2.47. The summed E-state index contributed by atoms with van der Waals surface area (Å²) in [6.45, 7) is 2.69. The summed E-state index contributed by atoms with van der Waals surface area (Å²) in [6.07, 6.45) is 2.11. The predicted molar refractivity (Wildman–Crippen MR) is 86.7 cm³/mol. The molecule has 0 radical (unpaired) electrons. The summed E-state index contributed by atoms with van der Waals surface area (Å²) in [6, 6.07) is 16.9. The van der Waals surface area contributed by atoms with Crippen LogP contribution < -0.4 is 10.1 Å². The van der Waals surface area contributed by atoms with Crippen molar-refractivity contribution in [3.8, 4) is 5.75 Å². The Labute approximate surface area is 125 Å². The molecule has 3 heteroatoms. The molecular formula is C17H21NOS. The molecule has 0 bridgehead atoms. The van der Waals surface area contributed by atoms with Crippen LogP contribution in [0.15, 0.2) is 53.4 Å². The van der Waals surface area contributed by atoms with Crippen molar-refractivity contribution in [1.82, 2.24) is 5.32 Å². The molecular weight excluding hydrogens is 266 g/mol. The molecule has 1 N–H and O–H groups in total. The van der Waals surface area contributed by atoms with Crippen LogP contribution in [0.5, 0.6) is 5.75 Å². The standard InChI is InChI=1S/C17H21NOS/c1-4-19-15-11-7-5-9-13(15)17(18-2)14-10-6-8-12-16(14)20-3/h5-12,17-18H,4H2,1-3H3. The van der Waals surface area contributed by atoms with Crippen molar-refractivity contribution in [3.63, 3.8) is 0 Å². The van der Waals surface area contributed by atoms with Crippen molar-refractivity contribution in [3.05, 3.63) is 59.7 Å². The van der Waals surface area contributed by atoms with Gasteiger partial charge in [0.1, 0.15) is 5.75 Å². The third-order valence-electron chi connectivity index (χ3n) is 3.27. The maximum Gasteiger partial charge on any atom is 0.124 e. The molecule has 2 nitrogen and oxygen atoms in total. The highest BCUT2D eigenvalue weighted by molar-refractivity contribution is 7.98. The fourth-order valence-corrected chi connectivity index (χ4v) is 3.03. The van der Waals surface area contributed by atoms with E-state index in [-0.39, 0.29) is 6.04 Å². The zero-order valence-electron chi connectivity index (χ0n) is 12.2. The Morgan fingerprint density at radius 1 is 1.05 bits per heavy atom. The highest BCUT2D eigenvalue weighted by atomic mass is 32.2. The quantitative estimate of drug-likeness (QED) is 0.808. The van der Waals surface area contributed by atoms with Gasteiger partial charge >= 0.3 is 0 Å². The number of hydrogen-bond donors (Lipinski definition) is 1. The van der Waals surface area contributed by atoms with Gasteiger partial charge in [-0.25, -0.2) is 0 Å². The lowest BCUT2D eigenvalue weighted by molar-refractivity contribution is 0.334. The lowest BCUT2D eigenvalue weighted by Crippen LogP contribution is -2.19. The van der Waals surface area contributed by atoms with Crippen LogP contribution in [0.25, 0.3) is 0 Å². The van der Waals surface area contributed by atoms with Gasteiger partial charge in [-0.2, -0.15) is 0 Å². The second-order valence-electron chi connectivity index (χ2n) is 4.43. The molecule has 0 fully saturated rings. The van der Waals surface area contributed by atoms with Crippen LogP contribution in [0, 0.1) is 0 Å². The maximum atomic E-state index is 5.77. The molecule has 2 aromatic carbocycles. The fraction of sp³-hybridized carbons (Fsp3) is 0.294. The second-order valence-corrected chi connectivity index (χ2v) is 5.28. The zero-order chi connectivity index (χ0) is 14.4. The smallest absolute Gasteiger partial charge is 0.124 e. The maximum absolute atomic E-state index is 5.77. The number of benzene rings is 2. The van der Waals surface area contributed by atoms with E-state index in [2.05, 4.69) is 48.0 Å². The monoisotopic (exact) mass is 287 g/mol. The molecule has 106 valence electrons. The summed E-state index contributed by atoms with van der Waals surface area (Å²) < 4.78 is 5.77. The number of nitrogens with one attached hydrogen (secondary N) is 1. The number of para-hydroxylation sites is 1. The molecule has 20 heavy (non-hydrogen) atoms. The molecule has 2 aromatic rings. The Hall–Kier alpha value is -1.45. The molecule has 0 saturated heterocycles. The molecule has 0 amide bonds. The van der Waals surface area contributed by atoms with E-state index < -0.39 is 0 Å². The summed E-state index contributed by atoms with van der Waals surface area (Å²) in [5, 5.41) is 3.41. The molecule has 0 aliphatic rings. The molecule has 2 rings (SSSR count). The SMILES string of the molecule is CCOc1ccccc1C(NC)c1ccccc1SC. The van der Waals surface area contributed by atoms with Crippen LogP contribution in [0.3, 0.4) is 0 Å². The zero-order valence-corrected chi connectivity index (χ0v) is 13.0. The second kappa shape index (κ2) is 7.36. The minimum absolute atomic E-state index is 0.140. The topological polar surface area (TPSA) is 21.3 Å². The van der Waals surface area contributed by atoms with E-state index in [4.69, 9.17) is 4.74 Å². The van der Waals surface area contributed by atoms with Gasteiger partial charge in [-0.05, 0) is 37.9 Å². The Morgan fingerprint density at radius 3 is 2.35 bits per heavy atom. The Bertz CT molecular complexity index is 556. The Balaban J connectivity index is 2.47. The number of thioether (sulfide) groups is 1. The first-order chi connectivity index (χ1) is 9.81. The van der Waals surface area contributed by atoms with Gasteiger partial charge in [0.25, 0.3) is 0 Å². The highest BCUT2D eigenvalue weighted by Crippen LogP contribution is 2.34. The van der Waals surface area contributed by atoms with Gasteiger partial charge in [0.15, 0.2) is 0 Å². The first-order valence-electron chi connectivity index (χ1n) is 6.83. The molecule has 1 atom stereocenters. The van der Waals surface area contributed by atoms with E-state index in [0.29, 0.717) is 6.61 Å². The van der Waals surface area contributed by atoms with Gasteiger partial charge in [0.2, 0.25) is 0 Å². The van der Waals surface area contributed by atoms with E-state index in [1.807, 2.05) is 26.1 Å². The van der Waals surface area contributed by atoms with Gasteiger partial charge in [0.05, 0.1) is 12.6 Å². The Kier molecular flexibility index (Phi) is 5.50. The minimum Gasteiger partial charge on any atom is -0.494 e. The summed E-state index contributed by atoms with van der Waals surface area (Å²) in [5.74, 6) is 0.949. The van der Waals surface area contributed by atoms with E-state index in [1.54, 1.807) is 11.8 Å². The van der Waals surface area contributed by atoms with Crippen molar-refractivity contribution in [2.45, 2.75) is 17.9 Å². The van der Waals surface area contributed by atoms with Crippen LogP contribution in [0.1, 0.15) is 24.1 Å². The summed E-state index contributed by atoms with van der Waals surface area (Å²) in [4.78, 5) is 1.29. The number of rotatable bonds is 6. The van der Waals surface area contributed by atoms with E-state index in [0.717, 1.165) is 5.75 Å². The third-order valence-corrected chi connectivity index (χ3v) is 4.08. The number of ether oxygens (including phenoxy) is 1. The highest BCUT2D eigenvalue weighted by Gasteiger charge is 2.18. The fourth-order valence-electron chi connectivity index (χ4n) is 2.39. The lowest BCUT2D eigenvalue weighted by Gasteiger charge is -2.22. The first-order valence-corrected chi connectivity index (χ1v) is 8.06. The molecule has 0 aliphatic carbocycles. The van der Waals surface area contributed by atoms with Crippen LogP contribution in [0.4, 0.5) is 0 Å². The van der Waals surface area contributed by atoms with Crippen molar-refractivity contribution >= 4 is 11.8 Å². The van der Waals surface area contributed by atoms with Crippen molar-refractivity contribution in [2.24, 2.45) is 0 Å². The van der Waals surface area contributed by atoms with E-state index in [1.165, 1.54) is 16.0 Å². The predicted octanol–water partition coefficient (Wildman–Crippen LogP) is 4.12. The normalized spacial score (nSPS) is 12.2. The van der Waals surface area contributed by atoms with Crippen LogP contribution in [0.2, 0.25) is 0 Å². The van der Waals surface area contributed by atoms with E-state index >= 15 is 0 Å². The van der Waals surface area contributed by atoms with Gasteiger partial charge < -0.3 is 10.1 Å². The molecule has 0 aliphatic heterocycles. The van der Waals surface area contributed by atoms with Crippen LogP contribution in [-0.4, -0.2) is 19.9 Å². The average molecular weight is 287 g/mol. The van der Waals surface area contributed by atoms with Crippen LogP contribution >= 0.6 is 11.8 Å². The van der Waals surface area contributed by atoms with Gasteiger partial charge in [0, 0.05) is 10.5 Å². The van der Waals surface area contributed by atoms with Crippen LogP contribution in [-0.2, 0) is 0 Å². The van der Waals surface area contributed by atoms with Crippen molar-refractivity contribution in [1.29, 1.82) is 0 Å². The van der Waals surface area contributed by atoms with Crippen molar-refractivity contribution < 1.29 is 4.74 Å². The number of hydrogen-bond acceptors (Lipinski definition) is 3. The van der Waals surface area contributed by atoms with Gasteiger partial charge in [-0.1, -0.05) is 36.4 Å². The van der Waals surface area contributed by atoms with Gasteiger partial charge in [-0.15, -0.1) is 11.8 Å². The van der Waals surface area contributed by atoms with E-state index in [9.17, 15) is 0 Å².